The minimum Gasteiger partial charge on any atom is -0.392 e. The predicted molar refractivity (Wildman–Crippen MR) is 48.0 cm³/mol. The summed E-state index contributed by atoms with van der Waals surface area (Å²) in [5.41, 5.74) is 0. The first-order valence-electron chi connectivity index (χ1n) is 4.64. The van der Waals surface area contributed by atoms with E-state index in [2.05, 4.69) is 19.2 Å². The number of nitrogens with one attached hydrogen (secondary N) is 1. The Labute approximate surface area is 74.1 Å². The summed E-state index contributed by atoms with van der Waals surface area (Å²) in [6.07, 6.45) is 0.0737. The van der Waals surface area contributed by atoms with Crippen molar-refractivity contribution in [3.8, 4) is 0 Å². The Morgan fingerprint density at radius 3 is 2.67 bits per heavy atom. The lowest BCUT2D eigenvalue weighted by Gasteiger charge is -2.17. The van der Waals surface area contributed by atoms with Crippen molar-refractivity contribution in [2.45, 2.75) is 39.0 Å². The summed E-state index contributed by atoms with van der Waals surface area (Å²) < 4.78 is 5.47. The molecule has 3 nitrogen and oxygen atoms in total. The number of hydrogen-bond donors (Lipinski definition) is 2. The molecule has 1 fully saturated rings. The van der Waals surface area contributed by atoms with E-state index in [1.54, 1.807) is 6.92 Å². The third kappa shape index (κ3) is 2.44. The van der Waals surface area contributed by atoms with E-state index in [-0.39, 0.29) is 6.10 Å². The fourth-order valence-corrected chi connectivity index (χ4v) is 1.45. The van der Waals surface area contributed by atoms with Crippen LogP contribution in [0.4, 0.5) is 0 Å². The van der Waals surface area contributed by atoms with Gasteiger partial charge in [0.05, 0.1) is 18.8 Å². The van der Waals surface area contributed by atoms with Gasteiger partial charge in [-0.1, -0.05) is 6.92 Å². The molecule has 0 saturated carbocycles. The van der Waals surface area contributed by atoms with Crippen LogP contribution in [0.3, 0.4) is 0 Å². The standard InChI is InChI=1S/C9H19NO2/c1-6(11)4-10-9-5-12-8(3)7(9)2/h6-11H,4-5H2,1-3H3. The van der Waals surface area contributed by atoms with Crippen molar-refractivity contribution in [1.82, 2.24) is 5.32 Å². The smallest absolute Gasteiger partial charge is 0.0636 e. The summed E-state index contributed by atoms with van der Waals surface area (Å²) in [5, 5.41) is 12.3. The molecule has 3 heteroatoms. The molecule has 0 bridgehead atoms. The summed E-state index contributed by atoms with van der Waals surface area (Å²) in [5.74, 6) is 0.545. The van der Waals surface area contributed by atoms with Crippen LogP contribution in [-0.2, 0) is 4.74 Å². The van der Waals surface area contributed by atoms with Gasteiger partial charge >= 0.3 is 0 Å². The summed E-state index contributed by atoms with van der Waals surface area (Å²) >= 11 is 0. The number of ether oxygens (including phenoxy) is 1. The summed E-state index contributed by atoms with van der Waals surface area (Å²) in [6, 6.07) is 0.412. The zero-order chi connectivity index (χ0) is 9.14. The maximum Gasteiger partial charge on any atom is 0.0636 e. The highest BCUT2D eigenvalue weighted by molar-refractivity contribution is 4.83. The predicted octanol–water partition coefficient (Wildman–Crippen LogP) is 0.380. The second kappa shape index (κ2) is 4.21. The lowest BCUT2D eigenvalue weighted by atomic mass is 10.0. The van der Waals surface area contributed by atoms with E-state index in [4.69, 9.17) is 9.84 Å². The Hall–Kier alpha value is -0.120. The number of aliphatic hydroxyl groups is 1. The second-order valence-electron chi connectivity index (χ2n) is 3.76. The second-order valence-corrected chi connectivity index (χ2v) is 3.76. The molecule has 1 heterocycles. The van der Waals surface area contributed by atoms with Crippen LogP contribution in [0.5, 0.6) is 0 Å². The van der Waals surface area contributed by atoms with E-state index >= 15 is 0 Å². The van der Waals surface area contributed by atoms with Gasteiger partial charge in [0.15, 0.2) is 0 Å². The normalized spacial score (nSPS) is 38.5. The van der Waals surface area contributed by atoms with Gasteiger partial charge in [-0.25, -0.2) is 0 Å². The third-order valence-corrected chi connectivity index (χ3v) is 2.59. The maximum atomic E-state index is 9.06. The van der Waals surface area contributed by atoms with Gasteiger partial charge in [0, 0.05) is 12.6 Å². The molecule has 0 aliphatic carbocycles. The van der Waals surface area contributed by atoms with Crippen LogP contribution in [0, 0.1) is 5.92 Å². The lowest BCUT2D eigenvalue weighted by molar-refractivity contribution is 0.108. The molecule has 4 atom stereocenters. The van der Waals surface area contributed by atoms with Crippen molar-refractivity contribution in [2.24, 2.45) is 5.92 Å². The highest BCUT2D eigenvalue weighted by Crippen LogP contribution is 2.19. The van der Waals surface area contributed by atoms with Gasteiger partial charge in [-0.2, -0.15) is 0 Å². The molecule has 4 unspecified atom stereocenters. The van der Waals surface area contributed by atoms with Gasteiger partial charge in [-0.3, -0.25) is 0 Å². The quantitative estimate of drug-likeness (QED) is 0.648. The van der Waals surface area contributed by atoms with E-state index in [1.165, 1.54) is 0 Å². The monoisotopic (exact) mass is 173 g/mol. The van der Waals surface area contributed by atoms with Crippen LogP contribution < -0.4 is 5.32 Å². The zero-order valence-electron chi connectivity index (χ0n) is 8.08. The van der Waals surface area contributed by atoms with Crippen molar-refractivity contribution >= 4 is 0 Å². The van der Waals surface area contributed by atoms with Crippen molar-refractivity contribution in [3.05, 3.63) is 0 Å². The first-order chi connectivity index (χ1) is 5.61. The van der Waals surface area contributed by atoms with E-state index in [1.807, 2.05) is 0 Å². The Morgan fingerprint density at radius 2 is 2.25 bits per heavy atom. The molecular weight excluding hydrogens is 154 g/mol. The molecule has 0 spiro atoms. The lowest BCUT2D eigenvalue weighted by Crippen LogP contribution is -2.39. The molecule has 1 aliphatic heterocycles. The van der Waals surface area contributed by atoms with Gasteiger partial charge in [0.1, 0.15) is 0 Å². The van der Waals surface area contributed by atoms with Gasteiger partial charge in [-0.05, 0) is 19.8 Å². The molecule has 1 aliphatic rings. The highest BCUT2D eigenvalue weighted by atomic mass is 16.5. The Balaban J connectivity index is 2.24. The van der Waals surface area contributed by atoms with Crippen molar-refractivity contribution in [1.29, 1.82) is 0 Å². The molecule has 0 aromatic rings. The fraction of sp³-hybridized carbons (Fsp3) is 1.00. The molecule has 1 saturated heterocycles. The number of hydrogen-bond acceptors (Lipinski definition) is 3. The zero-order valence-corrected chi connectivity index (χ0v) is 8.08. The van der Waals surface area contributed by atoms with Crippen molar-refractivity contribution in [2.75, 3.05) is 13.2 Å². The summed E-state index contributed by atoms with van der Waals surface area (Å²) in [6.45, 7) is 7.49. The van der Waals surface area contributed by atoms with Crippen LogP contribution in [0.25, 0.3) is 0 Å². The Kier molecular flexibility index (Phi) is 3.50. The van der Waals surface area contributed by atoms with Gasteiger partial charge < -0.3 is 15.2 Å². The van der Waals surface area contributed by atoms with E-state index in [0.717, 1.165) is 6.61 Å². The molecule has 1 rings (SSSR count). The summed E-state index contributed by atoms with van der Waals surface area (Å²) in [7, 11) is 0. The van der Waals surface area contributed by atoms with Gasteiger partial charge in [0.25, 0.3) is 0 Å². The fourth-order valence-electron chi connectivity index (χ4n) is 1.45. The average Bonchev–Trinajstić information content (AvgIpc) is 2.30. The van der Waals surface area contributed by atoms with E-state index in [9.17, 15) is 0 Å². The summed E-state index contributed by atoms with van der Waals surface area (Å²) in [4.78, 5) is 0. The number of aliphatic hydroxyl groups excluding tert-OH is 1. The maximum absolute atomic E-state index is 9.06. The molecule has 72 valence electrons. The Morgan fingerprint density at radius 1 is 1.58 bits per heavy atom. The van der Waals surface area contributed by atoms with E-state index in [0.29, 0.717) is 24.6 Å². The van der Waals surface area contributed by atoms with E-state index < -0.39 is 0 Å². The van der Waals surface area contributed by atoms with Gasteiger partial charge in [0.2, 0.25) is 0 Å². The SMILES string of the molecule is CC(O)CNC1COC(C)C1C. The Bertz CT molecular complexity index is 138. The molecule has 2 N–H and O–H groups in total. The molecule has 0 aromatic carbocycles. The average molecular weight is 173 g/mol. The minimum absolute atomic E-state index is 0.270. The minimum atomic E-state index is -0.270. The first-order valence-corrected chi connectivity index (χ1v) is 4.64. The number of rotatable bonds is 3. The van der Waals surface area contributed by atoms with Crippen LogP contribution >= 0.6 is 0 Å². The third-order valence-electron chi connectivity index (χ3n) is 2.59. The molecule has 0 aromatic heterocycles. The van der Waals surface area contributed by atoms with Crippen LogP contribution in [0.2, 0.25) is 0 Å². The topological polar surface area (TPSA) is 41.5 Å². The van der Waals surface area contributed by atoms with Crippen LogP contribution in [-0.4, -0.2) is 36.5 Å². The molecule has 0 amide bonds. The van der Waals surface area contributed by atoms with Crippen molar-refractivity contribution in [3.63, 3.8) is 0 Å². The molecule has 0 radical (unpaired) electrons. The van der Waals surface area contributed by atoms with Crippen LogP contribution in [0.1, 0.15) is 20.8 Å². The van der Waals surface area contributed by atoms with Gasteiger partial charge in [-0.15, -0.1) is 0 Å². The largest absolute Gasteiger partial charge is 0.392 e. The molecular formula is C9H19NO2. The van der Waals surface area contributed by atoms with Crippen LogP contribution in [0.15, 0.2) is 0 Å². The highest BCUT2D eigenvalue weighted by Gasteiger charge is 2.30. The molecule has 12 heavy (non-hydrogen) atoms. The first kappa shape index (κ1) is 9.96. The van der Waals surface area contributed by atoms with Crippen molar-refractivity contribution < 1.29 is 9.84 Å².